The molecule has 0 aliphatic carbocycles. The fourth-order valence-electron chi connectivity index (χ4n) is 2.68. The van der Waals surface area contributed by atoms with Gasteiger partial charge in [0.05, 0.1) is 32.9 Å². The number of carboxylic acids is 1. The SMILES string of the molecule is Cn1cc[n+](C)c1N=Nc1ccc(Nc2ccc(NC(=O)CCC(=O)O)cc2)cc1. The molecule has 154 valence electrons. The van der Waals surface area contributed by atoms with Gasteiger partial charge in [-0.15, -0.1) is 0 Å². The Kier molecular flexibility index (Phi) is 6.53. The Hall–Kier alpha value is -4.01. The number of benzene rings is 2. The summed E-state index contributed by atoms with van der Waals surface area (Å²) in [6, 6.07) is 14.7. The van der Waals surface area contributed by atoms with Gasteiger partial charge in [0.2, 0.25) is 5.91 Å². The van der Waals surface area contributed by atoms with E-state index in [1.807, 2.05) is 72.0 Å². The smallest absolute Gasteiger partial charge is 0.421 e. The number of aliphatic carboxylic acids is 1. The Bertz CT molecular complexity index is 1040. The second-order valence-corrected chi connectivity index (χ2v) is 6.71. The average molecular weight is 407 g/mol. The molecule has 0 atom stereocenters. The number of hydrogen-bond donors (Lipinski definition) is 3. The number of nitrogens with zero attached hydrogens (tertiary/aromatic N) is 4. The summed E-state index contributed by atoms with van der Waals surface area (Å²) < 4.78 is 3.77. The first-order chi connectivity index (χ1) is 14.4. The van der Waals surface area contributed by atoms with Crippen molar-refractivity contribution >= 4 is 40.6 Å². The van der Waals surface area contributed by atoms with Crippen molar-refractivity contribution in [3.63, 3.8) is 0 Å². The van der Waals surface area contributed by atoms with Crippen LogP contribution in [0.2, 0.25) is 0 Å². The Labute approximate surface area is 173 Å². The van der Waals surface area contributed by atoms with Gasteiger partial charge in [-0.05, 0) is 48.5 Å². The molecule has 0 radical (unpaired) electrons. The normalized spacial score (nSPS) is 10.9. The third-order valence-corrected chi connectivity index (χ3v) is 4.29. The van der Waals surface area contributed by atoms with Gasteiger partial charge < -0.3 is 15.7 Å². The van der Waals surface area contributed by atoms with Crippen LogP contribution in [0, 0.1) is 0 Å². The zero-order valence-corrected chi connectivity index (χ0v) is 16.7. The summed E-state index contributed by atoms with van der Waals surface area (Å²) in [5.74, 6) is -0.578. The molecule has 0 spiro atoms. The van der Waals surface area contributed by atoms with Crippen LogP contribution in [0.3, 0.4) is 0 Å². The van der Waals surface area contributed by atoms with E-state index in [4.69, 9.17) is 5.11 Å². The lowest BCUT2D eigenvalue weighted by atomic mass is 10.2. The maximum absolute atomic E-state index is 11.7. The van der Waals surface area contributed by atoms with E-state index in [2.05, 4.69) is 20.9 Å². The van der Waals surface area contributed by atoms with Crippen LogP contribution in [0.5, 0.6) is 0 Å². The molecule has 0 bridgehead atoms. The first-order valence-electron chi connectivity index (χ1n) is 9.32. The van der Waals surface area contributed by atoms with Crippen LogP contribution in [0.25, 0.3) is 0 Å². The first kappa shape index (κ1) is 20.7. The van der Waals surface area contributed by atoms with Crippen LogP contribution >= 0.6 is 0 Å². The fraction of sp³-hybridized carbons (Fsp3) is 0.190. The zero-order chi connectivity index (χ0) is 21.5. The Morgan fingerprint density at radius 1 is 0.967 bits per heavy atom. The maximum atomic E-state index is 11.7. The summed E-state index contributed by atoms with van der Waals surface area (Å²) in [5.41, 5.74) is 3.09. The van der Waals surface area contributed by atoms with Crippen molar-refractivity contribution in [1.82, 2.24) is 4.57 Å². The lowest BCUT2D eigenvalue weighted by Gasteiger charge is -2.08. The van der Waals surface area contributed by atoms with Gasteiger partial charge in [0, 0.05) is 28.6 Å². The van der Waals surface area contributed by atoms with Crippen molar-refractivity contribution in [2.75, 3.05) is 10.6 Å². The molecular formula is C21H23N6O3+. The quantitative estimate of drug-likeness (QED) is 0.389. The highest BCUT2D eigenvalue weighted by molar-refractivity contribution is 5.92. The number of hydrogen-bond acceptors (Lipinski definition) is 5. The molecule has 2 aromatic carbocycles. The van der Waals surface area contributed by atoms with Crippen molar-refractivity contribution in [2.45, 2.75) is 12.8 Å². The average Bonchev–Trinajstić information content (AvgIpc) is 3.05. The first-order valence-corrected chi connectivity index (χ1v) is 9.32. The standard InChI is InChI=1S/C21H22N6O3/c1-26-13-14-27(2)21(26)25-24-18-9-7-16(8-10-18)22-15-3-5-17(6-4-15)23-19(28)11-12-20(29)30/h3-10,13-14H,11-12H2,1-2H3,(H2,23,24,28,29,30)/p+1. The molecule has 0 aliphatic rings. The van der Waals surface area contributed by atoms with Gasteiger partial charge in [0.1, 0.15) is 5.69 Å². The predicted molar refractivity (Wildman–Crippen MR) is 112 cm³/mol. The summed E-state index contributed by atoms with van der Waals surface area (Å²) in [5, 5.41) is 23.1. The second kappa shape index (κ2) is 9.46. The lowest BCUT2D eigenvalue weighted by Crippen LogP contribution is -2.25. The number of aromatic nitrogens is 2. The third-order valence-electron chi connectivity index (χ3n) is 4.29. The van der Waals surface area contributed by atoms with E-state index in [0.717, 1.165) is 23.0 Å². The summed E-state index contributed by atoms with van der Waals surface area (Å²) in [7, 11) is 3.82. The summed E-state index contributed by atoms with van der Waals surface area (Å²) >= 11 is 0. The van der Waals surface area contributed by atoms with Crippen LogP contribution in [0.15, 0.2) is 71.2 Å². The highest BCUT2D eigenvalue weighted by Gasteiger charge is 2.10. The minimum atomic E-state index is -0.994. The van der Waals surface area contributed by atoms with Gasteiger partial charge in [-0.25, -0.2) is 9.13 Å². The molecule has 3 rings (SSSR count). The molecule has 3 aromatic rings. The molecular weight excluding hydrogens is 384 g/mol. The van der Waals surface area contributed by atoms with Gasteiger partial charge in [-0.1, -0.05) is 5.11 Å². The molecule has 1 amide bonds. The fourth-order valence-corrected chi connectivity index (χ4v) is 2.68. The number of aryl methyl sites for hydroxylation is 2. The highest BCUT2D eigenvalue weighted by atomic mass is 16.4. The molecule has 9 nitrogen and oxygen atoms in total. The Morgan fingerprint density at radius 2 is 1.57 bits per heavy atom. The van der Waals surface area contributed by atoms with E-state index in [1.54, 1.807) is 12.1 Å². The molecule has 3 N–H and O–H groups in total. The molecule has 0 saturated carbocycles. The minimum Gasteiger partial charge on any atom is -0.481 e. The molecule has 0 fully saturated rings. The molecule has 1 heterocycles. The Morgan fingerprint density at radius 3 is 2.13 bits per heavy atom. The number of azo groups is 1. The van der Waals surface area contributed by atoms with Crippen molar-refractivity contribution < 1.29 is 19.3 Å². The van der Waals surface area contributed by atoms with Crippen LogP contribution in [-0.2, 0) is 23.7 Å². The summed E-state index contributed by atoms with van der Waals surface area (Å²) in [6.07, 6.45) is 3.58. The topological polar surface area (TPSA) is 112 Å². The van der Waals surface area contributed by atoms with Crippen molar-refractivity contribution in [2.24, 2.45) is 24.3 Å². The van der Waals surface area contributed by atoms with Crippen LogP contribution in [-0.4, -0.2) is 21.6 Å². The summed E-state index contributed by atoms with van der Waals surface area (Å²) in [4.78, 5) is 22.2. The molecule has 0 aliphatic heterocycles. The van der Waals surface area contributed by atoms with Crippen molar-refractivity contribution in [3.05, 3.63) is 60.9 Å². The number of carbonyl (C=O) groups excluding carboxylic acids is 1. The monoisotopic (exact) mass is 407 g/mol. The van der Waals surface area contributed by atoms with Crippen LogP contribution in [0.4, 0.5) is 28.7 Å². The highest BCUT2D eigenvalue weighted by Crippen LogP contribution is 2.22. The Balaban J connectivity index is 1.56. The van der Waals surface area contributed by atoms with E-state index >= 15 is 0 Å². The van der Waals surface area contributed by atoms with E-state index in [9.17, 15) is 9.59 Å². The van der Waals surface area contributed by atoms with Gasteiger partial charge in [0.15, 0.2) is 0 Å². The summed E-state index contributed by atoms with van der Waals surface area (Å²) in [6.45, 7) is 0. The van der Waals surface area contributed by atoms with Crippen molar-refractivity contribution in [1.29, 1.82) is 0 Å². The van der Waals surface area contributed by atoms with E-state index in [-0.39, 0.29) is 18.7 Å². The van der Waals surface area contributed by atoms with Crippen molar-refractivity contribution in [3.8, 4) is 0 Å². The van der Waals surface area contributed by atoms with Gasteiger partial charge in [0.25, 0.3) is 0 Å². The number of imidazole rings is 1. The van der Waals surface area contributed by atoms with E-state index in [1.165, 1.54) is 0 Å². The minimum absolute atomic E-state index is 0.0542. The molecule has 30 heavy (non-hydrogen) atoms. The maximum Gasteiger partial charge on any atom is 0.421 e. The lowest BCUT2D eigenvalue weighted by molar-refractivity contribution is -0.657. The predicted octanol–water partition coefficient (Wildman–Crippen LogP) is 3.81. The molecule has 0 saturated heterocycles. The number of nitrogens with one attached hydrogen (secondary N) is 2. The van der Waals surface area contributed by atoms with E-state index in [0.29, 0.717) is 5.69 Å². The molecule has 1 aromatic heterocycles. The van der Waals surface area contributed by atoms with E-state index < -0.39 is 5.97 Å². The van der Waals surface area contributed by atoms with Crippen LogP contribution in [0.1, 0.15) is 12.8 Å². The number of carboxylic acid groups (broad SMARTS) is 1. The number of anilines is 3. The van der Waals surface area contributed by atoms with Gasteiger partial charge >= 0.3 is 11.9 Å². The number of rotatable bonds is 8. The van der Waals surface area contributed by atoms with Gasteiger partial charge in [-0.3, -0.25) is 9.59 Å². The molecule has 9 heteroatoms. The number of amides is 1. The third kappa shape index (κ3) is 5.74. The zero-order valence-electron chi connectivity index (χ0n) is 16.7. The van der Waals surface area contributed by atoms with Gasteiger partial charge in [-0.2, -0.15) is 0 Å². The molecule has 0 unspecified atom stereocenters. The second-order valence-electron chi connectivity index (χ2n) is 6.71. The largest absolute Gasteiger partial charge is 0.481 e. The van der Waals surface area contributed by atoms with Crippen LogP contribution < -0.4 is 15.2 Å². The number of carbonyl (C=O) groups is 2.